The van der Waals surface area contributed by atoms with Crippen molar-refractivity contribution in [3.05, 3.63) is 41.6 Å². The summed E-state index contributed by atoms with van der Waals surface area (Å²) in [6.07, 6.45) is 6.22. The average Bonchev–Trinajstić information content (AvgIpc) is 2.91. The lowest BCUT2D eigenvalue weighted by atomic mass is 9.80. The fraction of sp³-hybridized carbons (Fsp3) is 0.412. The van der Waals surface area contributed by atoms with Crippen LogP contribution in [0.1, 0.15) is 11.1 Å². The lowest BCUT2D eigenvalue weighted by Crippen LogP contribution is -2.43. The van der Waals surface area contributed by atoms with E-state index in [1.54, 1.807) is 0 Å². The molecule has 0 amide bonds. The predicted molar refractivity (Wildman–Crippen MR) is 94.4 cm³/mol. The molecular formula is C17H22N2O4S. The number of rotatable bonds is 1. The number of aliphatic hydroxyl groups excluding tert-OH is 1. The Labute approximate surface area is 141 Å². The number of aliphatic hydroxyl groups is 1. The largest absolute Gasteiger partial charge is 0.396 e. The van der Waals surface area contributed by atoms with Crippen molar-refractivity contribution >= 4 is 26.6 Å². The van der Waals surface area contributed by atoms with Gasteiger partial charge in [-0.05, 0) is 36.2 Å². The molecule has 0 bridgehead atoms. The molecule has 0 fully saturated rings. The minimum atomic E-state index is -3.67. The first-order chi connectivity index (χ1) is 11.3. The Bertz CT molecular complexity index is 877. The van der Waals surface area contributed by atoms with Gasteiger partial charge in [0.15, 0.2) is 0 Å². The van der Waals surface area contributed by atoms with Crippen LogP contribution in [0.5, 0.6) is 0 Å². The molecule has 4 rings (SSSR count). The highest BCUT2D eigenvalue weighted by atomic mass is 32.2. The zero-order valence-electron chi connectivity index (χ0n) is 13.7. The third kappa shape index (κ3) is 3.39. The highest BCUT2D eigenvalue weighted by Crippen LogP contribution is 2.40. The number of hydrogen-bond acceptors (Lipinski definition) is 4. The molecule has 1 aromatic heterocycles. The van der Waals surface area contributed by atoms with Crippen molar-refractivity contribution in [1.82, 2.24) is 9.88 Å². The van der Waals surface area contributed by atoms with E-state index in [9.17, 15) is 13.5 Å². The summed E-state index contributed by atoms with van der Waals surface area (Å²) in [6, 6.07) is 6.92. The number of nitrogens with one attached hydrogen (secondary N) is 1. The number of hydrogen-bond donors (Lipinski definition) is 3. The van der Waals surface area contributed by atoms with Gasteiger partial charge in [-0.1, -0.05) is 18.2 Å². The summed E-state index contributed by atoms with van der Waals surface area (Å²) in [4.78, 5) is 5.75. The van der Waals surface area contributed by atoms with E-state index in [1.807, 2.05) is 0 Å². The van der Waals surface area contributed by atoms with Crippen LogP contribution < -0.4 is 0 Å². The normalized spacial score (nSPS) is 23.2. The third-order valence-corrected chi connectivity index (χ3v) is 4.58. The van der Waals surface area contributed by atoms with Gasteiger partial charge in [-0.2, -0.15) is 8.42 Å². The fourth-order valence-electron chi connectivity index (χ4n) is 3.66. The van der Waals surface area contributed by atoms with Crippen LogP contribution in [-0.4, -0.2) is 60.5 Å². The highest BCUT2D eigenvalue weighted by molar-refractivity contribution is 7.85. The molecule has 7 heteroatoms. The third-order valence-electron chi connectivity index (χ3n) is 4.58. The maximum absolute atomic E-state index is 9.47. The van der Waals surface area contributed by atoms with E-state index in [-0.39, 0.29) is 12.5 Å². The summed E-state index contributed by atoms with van der Waals surface area (Å²) < 4.78 is 25.9. The van der Waals surface area contributed by atoms with E-state index < -0.39 is 10.1 Å². The Balaban J connectivity index is 0.000000300. The van der Waals surface area contributed by atoms with Gasteiger partial charge in [-0.15, -0.1) is 0 Å². The molecule has 0 saturated carbocycles. The highest BCUT2D eigenvalue weighted by Gasteiger charge is 2.33. The summed E-state index contributed by atoms with van der Waals surface area (Å²) in [5, 5.41) is 10.8. The van der Waals surface area contributed by atoms with Crippen molar-refractivity contribution in [2.75, 3.05) is 26.5 Å². The molecule has 3 N–H and O–H groups in total. The number of fused-ring (bicyclic) bond motifs is 2. The van der Waals surface area contributed by atoms with Crippen molar-refractivity contribution in [1.29, 1.82) is 0 Å². The zero-order valence-corrected chi connectivity index (χ0v) is 14.5. The molecule has 2 atom stereocenters. The average molecular weight is 350 g/mol. The summed E-state index contributed by atoms with van der Waals surface area (Å²) in [5.41, 5.74) is 5.38. The van der Waals surface area contributed by atoms with Gasteiger partial charge >= 0.3 is 0 Å². The Morgan fingerprint density at radius 3 is 2.75 bits per heavy atom. The molecule has 6 nitrogen and oxygen atoms in total. The van der Waals surface area contributed by atoms with Gasteiger partial charge in [-0.3, -0.25) is 9.45 Å². The van der Waals surface area contributed by atoms with E-state index in [1.165, 1.54) is 27.6 Å². The smallest absolute Gasteiger partial charge is 0.261 e. The minimum Gasteiger partial charge on any atom is -0.396 e. The topological polar surface area (TPSA) is 93.6 Å². The van der Waals surface area contributed by atoms with Crippen molar-refractivity contribution in [2.45, 2.75) is 12.5 Å². The van der Waals surface area contributed by atoms with Crippen LogP contribution in [0.25, 0.3) is 16.5 Å². The summed E-state index contributed by atoms with van der Waals surface area (Å²) in [5.74, 6) is 0.256. The number of aromatic nitrogens is 1. The van der Waals surface area contributed by atoms with Crippen LogP contribution in [0.15, 0.2) is 30.5 Å². The molecule has 0 radical (unpaired) electrons. The van der Waals surface area contributed by atoms with Gasteiger partial charge in [0.2, 0.25) is 0 Å². The quantitative estimate of drug-likeness (QED) is 0.678. The molecule has 2 aromatic rings. The summed E-state index contributed by atoms with van der Waals surface area (Å²) >= 11 is 0. The molecule has 0 spiro atoms. The van der Waals surface area contributed by atoms with Crippen LogP contribution >= 0.6 is 0 Å². The summed E-state index contributed by atoms with van der Waals surface area (Å²) in [7, 11) is -1.50. The van der Waals surface area contributed by atoms with E-state index in [0.717, 1.165) is 13.0 Å². The van der Waals surface area contributed by atoms with Crippen molar-refractivity contribution in [3.63, 3.8) is 0 Å². The summed E-state index contributed by atoms with van der Waals surface area (Å²) in [6.45, 7) is 1.18. The number of aromatic amines is 1. The van der Waals surface area contributed by atoms with Gasteiger partial charge in [-0.25, -0.2) is 0 Å². The number of nitrogens with zero attached hydrogens (tertiary/aromatic N) is 1. The van der Waals surface area contributed by atoms with Crippen molar-refractivity contribution in [2.24, 2.45) is 5.92 Å². The van der Waals surface area contributed by atoms with Gasteiger partial charge in [0.25, 0.3) is 10.1 Å². The van der Waals surface area contributed by atoms with E-state index in [4.69, 9.17) is 4.55 Å². The lowest BCUT2D eigenvalue weighted by molar-refractivity contribution is 0.181. The lowest BCUT2D eigenvalue weighted by Gasteiger charge is -2.39. The van der Waals surface area contributed by atoms with Crippen LogP contribution in [0.4, 0.5) is 0 Å². The zero-order chi connectivity index (χ0) is 17.5. The van der Waals surface area contributed by atoms with E-state index in [0.29, 0.717) is 12.3 Å². The standard InChI is InChI=1S/C16H18N2O.CH4O3S/c1-18-8-10(9-19)5-13-12-3-2-4-14-16(12)11(7-17-14)6-15(13)18;1-5(2,3)4/h2-5,7,10,15,17,19H,6,8-9H2,1H3;1H3,(H,2,3,4)/t10-,15-;/m1./s1. The predicted octanol–water partition coefficient (Wildman–Crippen LogP) is 1.53. The Morgan fingerprint density at radius 1 is 1.38 bits per heavy atom. The first-order valence-electron chi connectivity index (χ1n) is 7.82. The van der Waals surface area contributed by atoms with Crippen molar-refractivity contribution in [3.8, 4) is 0 Å². The molecular weight excluding hydrogens is 328 g/mol. The first kappa shape index (κ1) is 17.2. The Kier molecular flexibility index (Phi) is 4.52. The van der Waals surface area contributed by atoms with Crippen molar-refractivity contribution < 1.29 is 18.1 Å². The number of benzene rings is 1. The minimum absolute atomic E-state index is 0.233. The second kappa shape index (κ2) is 6.33. The fourth-order valence-corrected chi connectivity index (χ4v) is 3.66. The second-order valence-corrected chi connectivity index (χ2v) is 7.97. The van der Waals surface area contributed by atoms with Crippen LogP contribution in [0, 0.1) is 5.92 Å². The monoisotopic (exact) mass is 350 g/mol. The molecule has 130 valence electrons. The molecule has 0 unspecified atom stereocenters. The molecule has 2 aliphatic rings. The van der Waals surface area contributed by atoms with Crippen LogP contribution in [0.3, 0.4) is 0 Å². The Morgan fingerprint density at radius 2 is 2.08 bits per heavy atom. The van der Waals surface area contributed by atoms with Gasteiger partial charge < -0.3 is 10.1 Å². The SMILES string of the molecule is CN1C[C@H](CO)C=C2c3cccc4[nH]cc(c34)C[C@H]21.CS(=O)(=O)O. The van der Waals surface area contributed by atoms with E-state index in [2.05, 4.69) is 47.4 Å². The molecule has 1 aromatic carbocycles. The molecule has 0 saturated heterocycles. The Hall–Kier alpha value is -1.67. The van der Waals surface area contributed by atoms with Gasteiger partial charge in [0.05, 0.1) is 12.9 Å². The van der Waals surface area contributed by atoms with Crippen LogP contribution in [0.2, 0.25) is 0 Å². The molecule has 24 heavy (non-hydrogen) atoms. The molecule has 1 aliphatic carbocycles. The first-order valence-corrected chi connectivity index (χ1v) is 9.67. The van der Waals surface area contributed by atoms with Crippen LogP contribution in [-0.2, 0) is 16.5 Å². The number of H-pyrrole nitrogens is 1. The van der Waals surface area contributed by atoms with Gasteiger partial charge in [0.1, 0.15) is 0 Å². The molecule has 2 heterocycles. The molecule has 1 aliphatic heterocycles. The maximum Gasteiger partial charge on any atom is 0.261 e. The van der Waals surface area contributed by atoms with E-state index >= 15 is 0 Å². The second-order valence-electron chi connectivity index (χ2n) is 6.50. The maximum atomic E-state index is 9.47. The number of likely N-dealkylation sites (N-methyl/N-ethyl adjacent to an activating group) is 1. The van der Waals surface area contributed by atoms with Gasteiger partial charge in [0, 0.05) is 35.6 Å².